The number of nitrogens with two attached hydrogens (primary N) is 1. The summed E-state index contributed by atoms with van der Waals surface area (Å²) < 4.78 is 19.0. The molecule has 0 aliphatic carbocycles. The molecule has 0 unspecified atom stereocenters. The number of benzene rings is 1. The molecule has 0 aromatic heterocycles. The van der Waals surface area contributed by atoms with Gasteiger partial charge in [-0.05, 0) is 50.6 Å². The Labute approximate surface area is 110 Å². The third-order valence-corrected chi connectivity index (χ3v) is 2.24. The Bertz CT molecular complexity index is 396. The molecule has 0 amide bonds. The van der Waals surface area contributed by atoms with Gasteiger partial charge in [0.05, 0.1) is 12.7 Å². The van der Waals surface area contributed by atoms with Gasteiger partial charge < -0.3 is 10.5 Å². The van der Waals surface area contributed by atoms with E-state index in [4.69, 9.17) is 10.5 Å². The summed E-state index contributed by atoms with van der Waals surface area (Å²) >= 11 is 0. The zero-order valence-electron chi connectivity index (χ0n) is 12.0. The molecule has 0 spiro atoms. The highest BCUT2D eigenvalue weighted by atomic mass is 19.1. The van der Waals surface area contributed by atoms with E-state index in [1.54, 1.807) is 13.2 Å². The first-order chi connectivity index (χ1) is 8.58. The van der Waals surface area contributed by atoms with Crippen LogP contribution in [-0.2, 0) is 6.42 Å². The van der Waals surface area contributed by atoms with Crippen molar-refractivity contribution in [2.24, 2.45) is 5.73 Å². The molecule has 0 aliphatic rings. The predicted molar refractivity (Wildman–Crippen MR) is 76.4 cm³/mol. The number of hydrogen-bond donors (Lipinski definition) is 1. The molecular weight excluding hydrogens is 229 g/mol. The smallest absolute Gasteiger partial charge is 0.134 e. The molecule has 1 aromatic rings. The first kappa shape index (κ1) is 16.6. The van der Waals surface area contributed by atoms with Gasteiger partial charge >= 0.3 is 0 Å². The molecule has 3 heteroatoms. The van der Waals surface area contributed by atoms with E-state index >= 15 is 0 Å². The number of rotatable bonds is 4. The monoisotopic (exact) mass is 253 g/mol. The van der Waals surface area contributed by atoms with Crippen molar-refractivity contribution in [3.63, 3.8) is 0 Å². The van der Waals surface area contributed by atoms with Crippen LogP contribution in [0.25, 0.3) is 6.08 Å². The van der Waals surface area contributed by atoms with Crippen LogP contribution in [0.2, 0.25) is 0 Å². The summed E-state index contributed by atoms with van der Waals surface area (Å²) in [6.45, 7) is 8.35. The SMILES string of the molecule is CC.COc1cc(CCN)cc(F)c1C=C(C)C. The lowest BCUT2D eigenvalue weighted by Crippen LogP contribution is -2.04. The van der Waals surface area contributed by atoms with Crippen molar-refractivity contribution in [1.82, 2.24) is 0 Å². The Kier molecular flexibility index (Phi) is 8.05. The minimum Gasteiger partial charge on any atom is -0.496 e. The first-order valence-electron chi connectivity index (χ1n) is 6.30. The van der Waals surface area contributed by atoms with Crippen LogP contribution in [0.15, 0.2) is 17.7 Å². The fourth-order valence-electron chi connectivity index (χ4n) is 1.55. The highest BCUT2D eigenvalue weighted by molar-refractivity contribution is 5.60. The first-order valence-corrected chi connectivity index (χ1v) is 6.30. The molecule has 0 heterocycles. The zero-order valence-corrected chi connectivity index (χ0v) is 12.0. The molecule has 0 saturated carbocycles. The van der Waals surface area contributed by atoms with Crippen molar-refractivity contribution < 1.29 is 9.13 Å². The number of allylic oxidation sites excluding steroid dienone is 1. The van der Waals surface area contributed by atoms with Crippen molar-refractivity contribution in [2.75, 3.05) is 13.7 Å². The molecule has 2 nitrogen and oxygen atoms in total. The summed E-state index contributed by atoms with van der Waals surface area (Å²) in [5.41, 5.74) is 7.84. The van der Waals surface area contributed by atoms with Gasteiger partial charge in [-0.1, -0.05) is 19.4 Å². The van der Waals surface area contributed by atoms with E-state index < -0.39 is 0 Å². The van der Waals surface area contributed by atoms with Crippen LogP contribution in [0.3, 0.4) is 0 Å². The second kappa shape index (κ2) is 8.70. The zero-order chi connectivity index (χ0) is 14.1. The predicted octanol–water partition coefficient (Wildman–Crippen LogP) is 3.78. The molecule has 0 fully saturated rings. The average Bonchev–Trinajstić information content (AvgIpc) is 2.34. The van der Waals surface area contributed by atoms with E-state index in [0.29, 0.717) is 24.3 Å². The lowest BCUT2D eigenvalue weighted by Gasteiger charge is -2.09. The Hall–Kier alpha value is -1.35. The average molecular weight is 253 g/mol. The molecule has 0 aliphatic heterocycles. The molecule has 1 rings (SSSR count). The van der Waals surface area contributed by atoms with E-state index in [0.717, 1.165) is 11.1 Å². The highest BCUT2D eigenvalue weighted by Gasteiger charge is 2.09. The summed E-state index contributed by atoms with van der Waals surface area (Å²) in [6.07, 6.45) is 2.43. The molecule has 0 radical (unpaired) electrons. The molecular formula is C15H24FNO. The van der Waals surface area contributed by atoms with Crippen LogP contribution in [0.4, 0.5) is 4.39 Å². The third kappa shape index (κ3) is 4.88. The van der Waals surface area contributed by atoms with Crippen LogP contribution in [0.5, 0.6) is 5.75 Å². The molecule has 0 atom stereocenters. The van der Waals surface area contributed by atoms with Gasteiger partial charge in [-0.2, -0.15) is 0 Å². The van der Waals surface area contributed by atoms with E-state index in [9.17, 15) is 4.39 Å². The molecule has 0 bridgehead atoms. The van der Waals surface area contributed by atoms with E-state index in [-0.39, 0.29) is 5.82 Å². The fourth-order valence-corrected chi connectivity index (χ4v) is 1.55. The normalized spacial score (nSPS) is 9.28. The number of ether oxygens (including phenoxy) is 1. The largest absolute Gasteiger partial charge is 0.496 e. The number of hydrogen-bond acceptors (Lipinski definition) is 2. The van der Waals surface area contributed by atoms with Gasteiger partial charge in [0.2, 0.25) is 0 Å². The van der Waals surface area contributed by atoms with Crippen LogP contribution < -0.4 is 10.5 Å². The van der Waals surface area contributed by atoms with Crippen molar-refractivity contribution in [3.8, 4) is 5.75 Å². The van der Waals surface area contributed by atoms with Gasteiger partial charge in [0, 0.05) is 0 Å². The molecule has 0 saturated heterocycles. The van der Waals surface area contributed by atoms with Crippen molar-refractivity contribution in [1.29, 1.82) is 0 Å². The maximum Gasteiger partial charge on any atom is 0.134 e. The topological polar surface area (TPSA) is 35.2 Å². The van der Waals surface area contributed by atoms with E-state index in [1.165, 1.54) is 6.07 Å². The highest BCUT2D eigenvalue weighted by Crippen LogP contribution is 2.26. The molecule has 2 N–H and O–H groups in total. The second-order valence-corrected chi connectivity index (χ2v) is 3.95. The quantitative estimate of drug-likeness (QED) is 0.886. The fraction of sp³-hybridized carbons (Fsp3) is 0.467. The van der Waals surface area contributed by atoms with Gasteiger partial charge in [-0.3, -0.25) is 0 Å². The maximum atomic E-state index is 13.8. The summed E-state index contributed by atoms with van der Waals surface area (Å²) in [5, 5.41) is 0. The summed E-state index contributed by atoms with van der Waals surface area (Å²) in [6, 6.07) is 3.36. The summed E-state index contributed by atoms with van der Waals surface area (Å²) in [7, 11) is 1.54. The minimum absolute atomic E-state index is 0.260. The molecule has 102 valence electrons. The van der Waals surface area contributed by atoms with Crippen LogP contribution in [0.1, 0.15) is 38.8 Å². The number of halogens is 1. The molecule has 1 aromatic carbocycles. The van der Waals surface area contributed by atoms with Crippen molar-refractivity contribution in [3.05, 3.63) is 34.6 Å². The van der Waals surface area contributed by atoms with E-state index in [1.807, 2.05) is 33.8 Å². The van der Waals surface area contributed by atoms with Crippen LogP contribution in [-0.4, -0.2) is 13.7 Å². The van der Waals surface area contributed by atoms with Crippen LogP contribution >= 0.6 is 0 Å². The Morgan fingerprint density at radius 1 is 1.33 bits per heavy atom. The van der Waals surface area contributed by atoms with Gasteiger partial charge in [0.1, 0.15) is 11.6 Å². The lowest BCUT2D eigenvalue weighted by molar-refractivity contribution is 0.409. The Morgan fingerprint density at radius 2 is 1.94 bits per heavy atom. The standard InChI is InChI=1S/C13H18FNO.C2H6/c1-9(2)6-11-12(14)7-10(4-5-15)8-13(11)16-3;1-2/h6-8H,4-5,15H2,1-3H3;1-2H3. The van der Waals surface area contributed by atoms with Gasteiger partial charge in [-0.25, -0.2) is 4.39 Å². The second-order valence-electron chi connectivity index (χ2n) is 3.95. The Balaban J connectivity index is 0.00000137. The van der Waals surface area contributed by atoms with Crippen molar-refractivity contribution >= 4 is 6.08 Å². The lowest BCUT2D eigenvalue weighted by atomic mass is 10.1. The third-order valence-electron chi connectivity index (χ3n) is 2.24. The van der Waals surface area contributed by atoms with Gasteiger partial charge in [0.15, 0.2) is 0 Å². The van der Waals surface area contributed by atoms with Gasteiger partial charge in [-0.15, -0.1) is 0 Å². The summed E-state index contributed by atoms with van der Waals surface area (Å²) in [5.74, 6) is 0.300. The maximum absolute atomic E-state index is 13.8. The van der Waals surface area contributed by atoms with Crippen molar-refractivity contribution in [2.45, 2.75) is 34.1 Å². The van der Waals surface area contributed by atoms with Crippen LogP contribution in [0, 0.1) is 5.82 Å². The summed E-state index contributed by atoms with van der Waals surface area (Å²) in [4.78, 5) is 0. The molecule has 18 heavy (non-hydrogen) atoms. The van der Waals surface area contributed by atoms with E-state index in [2.05, 4.69) is 0 Å². The Morgan fingerprint density at radius 3 is 2.39 bits per heavy atom. The minimum atomic E-state index is -0.260. The number of methoxy groups -OCH3 is 1. The van der Waals surface area contributed by atoms with Gasteiger partial charge in [0.25, 0.3) is 0 Å².